The molecule has 0 amide bonds. The van der Waals surface area contributed by atoms with Gasteiger partial charge in [0.05, 0.1) is 7.11 Å². The molecular weight excluding hydrogens is 250 g/mol. The summed E-state index contributed by atoms with van der Waals surface area (Å²) in [5.74, 6) is 1.45. The predicted molar refractivity (Wildman–Crippen MR) is 81.1 cm³/mol. The Morgan fingerprint density at radius 3 is 2.50 bits per heavy atom. The normalized spacial score (nSPS) is 12.0. The van der Waals surface area contributed by atoms with E-state index in [0.717, 1.165) is 11.3 Å². The number of rotatable bonds is 5. The molecular formula is C17H21NO2. The molecule has 0 saturated carbocycles. The summed E-state index contributed by atoms with van der Waals surface area (Å²) in [7, 11) is 1.64. The minimum Gasteiger partial charge on any atom is -0.493 e. The second kappa shape index (κ2) is 6.44. The van der Waals surface area contributed by atoms with Crippen molar-refractivity contribution in [3.05, 3.63) is 59.2 Å². The van der Waals surface area contributed by atoms with Crippen LogP contribution < -0.4 is 15.2 Å². The van der Waals surface area contributed by atoms with Crippen LogP contribution in [0.1, 0.15) is 29.7 Å². The van der Waals surface area contributed by atoms with Gasteiger partial charge in [0.15, 0.2) is 11.5 Å². The van der Waals surface area contributed by atoms with Gasteiger partial charge in [0.25, 0.3) is 0 Å². The Morgan fingerprint density at radius 1 is 1.10 bits per heavy atom. The van der Waals surface area contributed by atoms with E-state index < -0.39 is 0 Å². The van der Waals surface area contributed by atoms with Crippen LogP contribution in [0.5, 0.6) is 11.5 Å². The van der Waals surface area contributed by atoms with Crippen molar-refractivity contribution in [1.29, 1.82) is 0 Å². The Bertz CT molecular complexity index is 579. The molecule has 0 bridgehead atoms. The molecule has 0 aliphatic rings. The summed E-state index contributed by atoms with van der Waals surface area (Å²) in [5, 5.41) is 0. The molecule has 0 aromatic heterocycles. The third kappa shape index (κ3) is 3.31. The van der Waals surface area contributed by atoms with Crippen molar-refractivity contribution < 1.29 is 9.47 Å². The standard InChI is InChI=1S/C17H21NO2/c1-12-6-4-5-7-15(12)11-20-16-9-8-14(13(2)18)10-17(16)19-3/h4-10,13H,11,18H2,1-3H3/t13-/m0/s1. The van der Waals surface area contributed by atoms with Crippen molar-refractivity contribution >= 4 is 0 Å². The minimum atomic E-state index is -0.0192. The van der Waals surface area contributed by atoms with E-state index >= 15 is 0 Å². The zero-order valence-electron chi connectivity index (χ0n) is 12.2. The third-order valence-electron chi connectivity index (χ3n) is 3.36. The molecule has 20 heavy (non-hydrogen) atoms. The van der Waals surface area contributed by atoms with Gasteiger partial charge in [0.1, 0.15) is 6.61 Å². The molecule has 0 heterocycles. The molecule has 0 fully saturated rings. The smallest absolute Gasteiger partial charge is 0.161 e. The van der Waals surface area contributed by atoms with Crippen molar-refractivity contribution in [2.24, 2.45) is 5.73 Å². The maximum Gasteiger partial charge on any atom is 0.161 e. The molecule has 2 rings (SSSR count). The first kappa shape index (κ1) is 14.4. The summed E-state index contributed by atoms with van der Waals surface area (Å²) in [6, 6.07) is 14.0. The molecule has 0 radical (unpaired) electrons. The molecule has 2 N–H and O–H groups in total. The summed E-state index contributed by atoms with van der Waals surface area (Å²) >= 11 is 0. The van der Waals surface area contributed by atoms with Crippen LogP contribution >= 0.6 is 0 Å². The van der Waals surface area contributed by atoms with Crippen LogP contribution in [-0.4, -0.2) is 7.11 Å². The van der Waals surface area contributed by atoms with E-state index in [9.17, 15) is 0 Å². The molecule has 2 aromatic carbocycles. The molecule has 0 unspecified atom stereocenters. The Balaban J connectivity index is 2.15. The van der Waals surface area contributed by atoms with Gasteiger partial charge in [-0.05, 0) is 42.7 Å². The van der Waals surface area contributed by atoms with Gasteiger partial charge in [-0.3, -0.25) is 0 Å². The lowest BCUT2D eigenvalue weighted by atomic mass is 10.1. The van der Waals surface area contributed by atoms with Gasteiger partial charge in [-0.1, -0.05) is 30.3 Å². The van der Waals surface area contributed by atoms with E-state index in [4.69, 9.17) is 15.2 Å². The number of hydrogen-bond acceptors (Lipinski definition) is 3. The zero-order valence-corrected chi connectivity index (χ0v) is 12.2. The fraction of sp³-hybridized carbons (Fsp3) is 0.294. The quantitative estimate of drug-likeness (QED) is 0.903. The Kier molecular flexibility index (Phi) is 4.64. The third-order valence-corrected chi connectivity index (χ3v) is 3.36. The molecule has 0 aliphatic heterocycles. The number of benzene rings is 2. The summed E-state index contributed by atoms with van der Waals surface area (Å²) in [6.45, 7) is 4.55. The fourth-order valence-electron chi connectivity index (χ4n) is 2.01. The molecule has 0 aliphatic carbocycles. The maximum absolute atomic E-state index is 5.88. The number of nitrogens with two attached hydrogens (primary N) is 1. The van der Waals surface area contributed by atoms with Crippen LogP contribution in [0.2, 0.25) is 0 Å². The van der Waals surface area contributed by atoms with E-state index in [2.05, 4.69) is 19.1 Å². The van der Waals surface area contributed by atoms with Crippen LogP contribution in [-0.2, 0) is 6.61 Å². The summed E-state index contributed by atoms with van der Waals surface area (Å²) < 4.78 is 11.2. The lowest BCUT2D eigenvalue weighted by Crippen LogP contribution is -2.06. The average molecular weight is 271 g/mol. The summed E-state index contributed by atoms with van der Waals surface area (Å²) in [6.07, 6.45) is 0. The van der Waals surface area contributed by atoms with Crippen molar-refractivity contribution in [3.63, 3.8) is 0 Å². The van der Waals surface area contributed by atoms with Gasteiger partial charge in [-0.2, -0.15) is 0 Å². The molecule has 2 aromatic rings. The van der Waals surface area contributed by atoms with Crippen LogP contribution in [0, 0.1) is 6.92 Å². The monoisotopic (exact) mass is 271 g/mol. The van der Waals surface area contributed by atoms with Crippen molar-refractivity contribution in [3.8, 4) is 11.5 Å². The molecule has 3 nitrogen and oxygen atoms in total. The predicted octanol–water partition coefficient (Wildman–Crippen LogP) is 3.60. The van der Waals surface area contributed by atoms with Crippen molar-refractivity contribution in [2.75, 3.05) is 7.11 Å². The second-order valence-electron chi connectivity index (χ2n) is 4.91. The van der Waals surface area contributed by atoms with Gasteiger partial charge < -0.3 is 15.2 Å². The summed E-state index contributed by atoms with van der Waals surface area (Å²) in [4.78, 5) is 0. The molecule has 3 heteroatoms. The van der Waals surface area contributed by atoms with Crippen LogP contribution in [0.25, 0.3) is 0 Å². The van der Waals surface area contributed by atoms with E-state index in [1.165, 1.54) is 11.1 Å². The van der Waals surface area contributed by atoms with Gasteiger partial charge in [-0.15, -0.1) is 0 Å². The fourth-order valence-corrected chi connectivity index (χ4v) is 2.01. The molecule has 1 atom stereocenters. The number of hydrogen-bond donors (Lipinski definition) is 1. The Hall–Kier alpha value is -2.00. The van der Waals surface area contributed by atoms with E-state index in [1.807, 2.05) is 37.3 Å². The lowest BCUT2D eigenvalue weighted by Gasteiger charge is -2.14. The highest BCUT2D eigenvalue weighted by Crippen LogP contribution is 2.30. The highest BCUT2D eigenvalue weighted by atomic mass is 16.5. The SMILES string of the molecule is COc1cc([C@H](C)N)ccc1OCc1ccccc1C. The van der Waals surface area contributed by atoms with Crippen LogP contribution in [0.15, 0.2) is 42.5 Å². The van der Waals surface area contributed by atoms with Gasteiger partial charge >= 0.3 is 0 Å². The zero-order chi connectivity index (χ0) is 14.5. The minimum absolute atomic E-state index is 0.0192. The first-order valence-corrected chi connectivity index (χ1v) is 6.72. The summed E-state index contributed by atoms with van der Waals surface area (Å²) in [5.41, 5.74) is 9.30. The lowest BCUT2D eigenvalue weighted by molar-refractivity contribution is 0.283. The molecule has 0 spiro atoms. The first-order valence-electron chi connectivity index (χ1n) is 6.72. The van der Waals surface area contributed by atoms with Crippen molar-refractivity contribution in [1.82, 2.24) is 0 Å². The van der Waals surface area contributed by atoms with Crippen molar-refractivity contribution in [2.45, 2.75) is 26.5 Å². The Morgan fingerprint density at radius 2 is 1.85 bits per heavy atom. The highest BCUT2D eigenvalue weighted by Gasteiger charge is 2.08. The topological polar surface area (TPSA) is 44.5 Å². The largest absolute Gasteiger partial charge is 0.493 e. The highest BCUT2D eigenvalue weighted by molar-refractivity contribution is 5.44. The van der Waals surface area contributed by atoms with Crippen LogP contribution in [0.4, 0.5) is 0 Å². The van der Waals surface area contributed by atoms with Gasteiger partial charge in [-0.25, -0.2) is 0 Å². The van der Waals surface area contributed by atoms with E-state index in [1.54, 1.807) is 7.11 Å². The maximum atomic E-state index is 5.88. The average Bonchev–Trinajstić information content (AvgIpc) is 2.46. The van der Waals surface area contributed by atoms with E-state index in [0.29, 0.717) is 12.4 Å². The molecule has 106 valence electrons. The first-order chi connectivity index (χ1) is 9.61. The molecule has 0 saturated heterocycles. The number of aryl methyl sites for hydroxylation is 1. The Labute approximate surface area is 120 Å². The number of ether oxygens (including phenoxy) is 2. The van der Waals surface area contributed by atoms with Crippen LogP contribution in [0.3, 0.4) is 0 Å². The van der Waals surface area contributed by atoms with E-state index in [-0.39, 0.29) is 6.04 Å². The second-order valence-corrected chi connectivity index (χ2v) is 4.91. The van der Waals surface area contributed by atoms with Gasteiger partial charge in [0.2, 0.25) is 0 Å². The number of methoxy groups -OCH3 is 1. The van der Waals surface area contributed by atoms with Gasteiger partial charge in [0, 0.05) is 6.04 Å².